The van der Waals surface area contributed by atoms with Gasteiger partial charge in [-0.05, 0) is 22.8 Å². The fraction of sp³-hybridized carbons (Fsp3) is 0.111. The van der Waals surface area contributed by atoms with Gasteiger partial charge in [0.15, 0.2) is 0 Å². The van der Waals surface area contributed by atoms with Crippen molar-refractivity contribution >= 4 is 17.5 Å². The first-order valence-electron chi connectivity index (χ1n) is 4.24. The Morgan fingerprint density at radius 2 is 2.19 bits per heavy atom. The van der Waals surface area contributed by atoms with Gasteiger partial charge in [0.05, 0.1) is 5.56 Å². The maximum atomic E-state index is 11.1. The molecule has 0 bridgehead atoms. The normalized spacial score (nSPS) is 9.06. The average molecular weight is 220 g/mol. The van der Waals surface area contributed by atoms with E-state index < -0.39 is 5.91 Å². The number of nitrogens with one attached hydrogen (secondary N) is 1. The lowest BCUT2D eigenvalue weighted by Crippen LogP contribution is -2.06. The minimum Gasteiger partial charge on any atom is -0.507 e. The van der Waals surface area contributed by atoms with Gasteiger partial charge in [0.2, 0.25) is 5.91 Å². The predicted octanol–water partition coefficient (Wildman–Crippen LogP) is 1.80. The van der Waals surface area contributed by atoms with E-state index in [0.717, 1.165) is 0 Å². The molecule has 7 heteroatoms. The third-order valence-electron chi connectivity index (χ3n) is 1.68. The lowest BCUT2D eigenvalue weighted by molar-refractivity contribution is -0.114. The molecular weight excluding hydrogens is 212 g/mol. The van der Waals surface area contributed by atoms with Gasteiger partial charge >= 0.3 is 0 Å². The van der Waals surface area contributed by atoms with Gasteiger partial charge in [-0.1, -0.05) is 0 Å². The number of carbonyl (C=O) groups is 2. The molecule has 0 aromatic heterocycles. The summed E-state index contributed by atoms with van der Waals surface area (Å²) in [6, 6.07) is 3.88. The van der Waals surface area contributed by atoms with Gasteiger partial charge in [-0.15, -0.1) is 0 Å². The molecule has 0 aliphatic heterocycles. The monoisotopic (exact) mass is 220 g/mol. The van der Waals surface area contributed by atoms with Crippen molar-refractivity contribution in [3.8, 4) is 5.75 Å². The van der Waals surface area contributed by atoms with Crippen molar-refractivity contribution in [2.24, 2.45) is 5.11 Å². The summed E-state index contributed by atoms with van der Waals surface area (Å²) in [6.07, 6.45) is 0. The molecule has 1 aromatic rings. The number of hydrogen-bond donors (Lipinski definition) is 2. The summed E-state index contributed by atoms with van der Waals surface area (Å²) in [7, 11) is 0. The molecule has 82 valence electrons. The van der Waals surface area contributed by atoms with Gasteiger partial charge in [-0.2, -0.15) is 0 Å². The van der Waals surface area contributed by atoms with E-state index in [2.05, 4.69) is 15.3 Å². The molecular formula is C9H8N4O3. The number of phenolic OH excluding ortho intramolecular Hbond substituents is 1. The Balaban J connectivity index is 3.04. The summed E-state index contributed by atoms with van der Waals surface area (Å²) in [5, 5.41) is 14.7. The van der Waals surface area contributed by atoms with Crippen molar-refractivity contribution in [2.45, 2.75) is 6.92 Å². The second-order valence-corrected chi connectivity index (χ2v) is 2.91. The molecule has 0 fully saturated rings. The van der Waals surface area contributed by atoms with E-state index >= 15 is 0 Å². The number of amides is 2. The van der Waals surface area contributed by atoms with Crippen molar-refractivity contribution in [1.29, 1.82) is 0 Å². The molecule has 0 aliphatic rings. The molecule has 7 nitrogen and oxygen atoms in total. The van der Waals surface area contributed by atoms with Gasteiger partial charge in [0.25, 0.3) is 5.91 Å². The Kier molecular flexibility index (Phi) is 3.47. The summed E-state index contributed by atoms with van der Waals surface area (Å²) < 4.78 is 0. The van der Waals surface area contributed by atoms with E-state index in [0.29, 0.717) is 5.69 Å². The third kappa shape index (κ3) is 2.73. The summed E-state index contributed by atoms with van der Waals surface area (Å²) >= 11 is 0. The van der Waals surface area contributed by atoms with Gasteiger partial charge in [0.1, 0.15) is 5.75 Å². The lowest BCUT2D eigenvalue weighted by atomic mass is 10.1. The topological polar surface area (TPSA) is 115 Å². The molecule has 0 atom stereocenters. The van der Waals surface area contributed by atoms with Crippen molar-refractivity contribution < 1.29 is 14.7 Å². The molecule has 0 radical (unpaired) electrons. The Labute approximate surface area is 90.3 Å². The van der Waals surface area contributed by atoms with Crippen LogP contribution >= 0.6 is 0 Å². The highest BCUT2D eigenvalue weighted by Gasteiger charge is 2.09. The van der Waals surface area contributed by atoms with Crippen LogP contribution in [0.15, 0.2) is 23.3 Å². The first kappa shape index (κ1) is 11.5. The van der Waals surface area contributed by atoms with Crippen LogP contribution in [-0.4, -0.2) is 16.9 Å². The van der Waals surface area contributed by atoms with Gasteiger partial charge in [-0.25, -0.2) is 0 Å². The Morgan fingerprint density at radius 3 is 2.69 bits per heavy atom. The first-order chi connectivity index (χ1) is 7.54. The maximum Gasteiger partial charge on any atom is 0.252 e. The van der Waals surface area contributed by atoms with E-state index in [-0.39, 0.29) is 17.2 Å². The second-order valence-electron chi connectivity index (χ2n) is 2.91. The molecule has 0 saturated heterocycles. The van der Waals surface area contributed by atoms with Crippen molar-refractivity contribution in [3.63, 3.8) is 0 Å². The van der Waals surface area contributed by atoms with Gasteiger partial charge < -0.3 is 10.4 Å². The van der Waals surface area contributed by atoms with Crippen LogP contribution in [0.25, 0.3) is 10.4 Å². The summed E-state index contributed by atoms with van der Waals surface area (Å²) in [5.41, 5.74) is 8.29. The summed E-state index contributed by atoms with van der Waals surface area (Å²) in [4.78, 5) is 24.2. The quantitative estimate of drug-likeness (QED) is 0.449. The molecule has 0 heterocycles. The maximum absolute atomic E-state index is 11.1. The standard InChI is InChI=1S/C9H8N4O3/c1-5(14)11-6-2-3-7(8(15)4-6)9(16)12-13-10/h2-4,15H,1H3,(H,11,14). The third-order valence-corrected chi connectivity index (χ3v) is 1.68. The van der Waals surface area contributed by atoms with Gasteiger partial charge in [0, 0.05) is 23.6 Å². The zero-order valence-corrected chi connectivity index (χ0v) is 8.34. The Morgan fingerprint density at radius 1 is 1.50 bits per heavy atom. The highest BCUT2D eigenvalue weighted by molar-refractivity contribution is 5.98. The molecule has 1 rings (SSSR count). The fourth-order valence-electron chi connectivity index (χ4n) is 1.09. The molecule has 16 heavy (non-hydrogen) atoms. The molecule has 0 spiro atoms. The number of nitrogens with zero attached hydrogens (tertiary/aromatic N) is 3. The largest absolute Gasteiger partial charge is 0.507 e. The van der Waals surface area contributed by atoms with E-state index in [1.165, 1.54) is 25.1 Å². The summed E-state index contributed by atoms with van der Waals surface area (Å²) in [5.74, 6) is -1.54. The van der Waals surface area contributed by atoms with Crippen LogP contribution < -0.4 is 5.32 Å². The number of aromatic hydroxyl groups is 1. The Hall–Kier alpha value is -2.53. The van der Waals surface area contributed by atoms with E-state index in [4.69, 9.17) is 5.53 Å². The van der Waals surface area contributed by atoms with Crippen LogP contribution in [0.5, 0.6) is 5.75 Å². The molecule has 0 saturated carbocycles. The van der Waals surface area contributed by atoms with Crippen LogP contribution in [0.2, 0.25) is 0 Å². The SMILES string of the molecule is CC(=O)Nc1ccc(C(=O)N=[N+]=[N-])c(O)c1. The van der Waals surface area contributed by atoms with Crippen LogP contribution in [-0.2, 0) is 4.79 Å². The first-order valence-corrected chi connectivity index (χ1v) is 4.24. The zero-order valence-electron chi connectivity index (χ0n) is 8.34. The number of anilines is 1. The van der Waals surface area contributed by atoms with Crippen LogP contribution in [0.1, 0.15) is 17.3 Å². The number of rotatable bonds is 2. The number of hydrogen-bond acceptors (Lipinski definition) is 3. The molecule has 2 N–H and O–H groups in total. The smallest absolute Gasteiger partial charge is 0.252 e. The molecule has 2 amide bonds. The van der Waals surface area contributed by atoms with E-state index in [1.54, 1.807) is 0 Å². The number of benzene rings is 1. The summed E-state index contributed by atoms with van der Waals surface area (Å²) in [6.45, 7) is 1.32. The molecule has 0 unspecified atom stereocenters. The predicted molar refractivity (Wildman–Crippen MR) is 55.9 cm³/mol. The highest BCUT2D eigenvalue weighted by Crippen LogP contribution is 2.22. The fourth-order valence-corrected chi connectivity index (χ4v) is 1.09. The average Bonchev–Trinajstić information content (AvgIpc) is 2.16. The van der Waals surface area contributed by atoms with E-state index in [1.807, 2.05) is 0 Å². The second kappa shape index (κ2) is 4.81. The van der Waals surface area contributed by atoms with Crippen molar-refractivity contribution in [2.75, 3.05) is 5.32 Å². The minimum atomic E-state index is -0.880. The van der Waals surface area contributed by atoms with Crippen LogP contribution in [0.3, 0.4) is 0 Å². The van der Waals surface area contributed by atoms with Crippen LogP contribution in [0, 0.1) is 0 Å². The number of carbonyl (C=O) groups excluding carboxylic acids is 2. The van der Waals surface area contributed by atoms with E-state index in [9.17, 15) is 14.7 Å². The van der Waals surface area contributed by atoms with Gasteiger partial charge in [-0.3, -0.25) is 9.59 Å². The lowest BCUT2D eigenvalue weighted by Gasteiger charge is -2.04. The number of phenols is 1. The minimum absolute atomic E-state index is 0.119. The molecule has 0 aliphatic carbocycles. The number of azide groups is 1. The zero-order chi connectivity index (χ0) is 12.1. The van der Waals surface area contributed by atoms with Crippen molar-refractivity contribution in [1.82, 2.24) is 0 Å². The molecule has 1 aromatic carbocycles. The highest BCUT2D eigenvalue weighted by atomic mass is 16.3. The van der Waals surface area contributed by atoms with Crippen LogP contribution in [0.4, 0.5) is 5.69 Å². The van der Waals surface area contributed by atoms with Crippen molar-refractivity contribution in [3.05, 3.63) is 34.2 Å². The Bertz CT molecular complexity index is 492.